The number of aryl methyl sites for hydroxylation is 1. The van der Waals surface area contributed by atoms with Crippen molar-refractivity contribution in [3.63, 3.8) is 0 Å². The molecule has 3 aromatic rings. The fourth-order valence-corrected chi connectivity index (χ4v) is 3.50. The number of hydrogen-bond acceptors (Lipinski definition) is 5. The van der Waals surface area contributed by atoms with E-state index in [2.05, 4.69) is 56.4 Å². The van der Waals surface area contributed by atoms with Gasteiger partial charge < -0.3 is 5.32 Å². The number of pyridine rings is 1. The third-order valence-electron chi connectivity index (χ3n) is 5.14. The zero-order valence-corrected chi connectivity index (χ0v) is 15.2. The molecule has 3 heterocycles. The van der Waals surface area contributed by atoms with Gasteiger partial charge in [-0.15, -0.1) is 0 Å². The van der Waals surface area contributed by atoms with Gasteiger partial charge in [-0.3, -0.25) is 9.88 Å². The molecular weight excluding hydrogens is 322 g/mol. The van der Waals surface area contributed by atoms with Crippen molar-refractivity contribution in [2.45, 2.75) is 26.3 Å². The lowest BCUT2D eigenvalue weighted by Crippen LogP contribution is -2.35. The average molecular weight is 347 g/mol. The van der Waals surface area contributed by atoms with Crippen molar-refractivity contribution in [2.24, 2.45) is 5.92 Å². The fraction of sp³-hybridized carbons (Fsp3) is 0.381. The second-order valence-corrected chi connectivity index (χ2v) is 7.18. The maximum absolute atomic E-state index is 4.54. The standard InChI is InChI=1S/C21H25N5/c1-16-2-4-18(5-3-16)15-26-12-8-17(9-13-26)14-24-20-7-6-19-21(25-20)23-11-10-22-19/h2-7,10-11,17H,8-9,12-15H2,1H3,(H,23,24,25). The Morgan fingerprint density at radius 2 is 1.77 bits per heavy atom. The van der Waals surface area contributed by atoms with Crippen molar-refractivity contribution < 1.29 is 0 Å². The summed E-state index contributed by atoms with van der Waals surface area (Å²) in [5.41, 5.74) is 4.27. The molecule has 134 valence electrons. The lowest BCUT2D eigenvalue weighted by Gasteiger charge is -2.32. The molecule has 0 atom stereocenters. The molecule has 1 aromatic carbocycles. The summed E-state index contributed by atoms with van der Waals surface area (Å²) in [6.45, 7) is 6.50. The number of nitrogens with one attached hydrogen (secondary N) is 1. The summed E-state index contributed by atoms with van der Waals surface area (Å²) in [5.74, 6) is 1.59. The van der Waals surface area contributed by atoms with E-state index >= 15 is 0 Å². The summed E-state index contributed by atoms with van der Waals surface area (Å²) in [5, 5.41) is 3.48. The lowest BCUT2D eigenvalue weighted by molar-refractivity contribution is 0.182. The maximum Gasteiger partial charge on any atom is 0.180 e. The first-order chi connectivity index (χ1) is 12.8. The molecule has 1 aliphatic heterocycles. The van der Waals surface area contributed by atoms with E-state index in [4.69, 9.17) is 0 Å². The Bertz CT molecular complexity index is 854. The van der Waals surface area contributed by atoms with E-state index in [-0.39, 0.29) is 0 Å². The van der Waals surface area contributed by atoms with Crippen molar-refractivity contribution in [3.8, 4) is 0 Å². The first kappa shape index (κ1) is 16.9. The Morgan fingerprint density at radius 3 is 2.58 bits per heavy atom. The topological polar surface area (TPSA) is 53.9 Å². The van der Waals surface area contributed by atoms with Crippen LogP contribution in [0.1, 0.15) is 24.0 Å². The van der Waals surface area contributed by atoms with E-state index in [0.717, 1.165) is 37.5 Å². The maximum atomic E-state index is 4.54. The Labute approximate surface area is 154 Å². The zero-order chi connectivity index (χ0) is 17.8. The van der Waals surface area contributed by atoms with Crippen LogP contribution in [0, 0.1) is 12.8 Å². The second kappa shape index (κ2) is 7.79. The largest absolute Gasteiger partial charge is 0.370 e. The second-order valence-electron chi connectivity index (χ2n) is 7.18. The molecule has 4 rings (SSSR count). The van der Waals surface area contributed by atoms with Crippen LogP contribution in [-0.2, 0) is 6.54 Å². The normalized spacial score (nSPS) is 16.0. The molecule has 5 heteroatoms. The minimum atomic E-state index is 0.698. The van der Waals surface area contributed by atoms with Crippen molar-refractivity contribution in [1.82, 2.24) is 19.9 Å². The van der Waals surface area contributed by atoms with Gasteiger partial charge in [0.05, 0.1) is 0 Å². The summed E-state index contributed by atoms with van der Waals surface area (Å²) in [6.07, 6.45) is 5.84. The Balaban J connectivity index is 1.26. The van der Waals surface area contributed by atoms with E-state index in [1.165, 1.54) is 24.0 Å². The quantitative estimate of drug-likeness (QED) is 0.763. The highest BCUT2D eigenvalue weighted by Crippen LogP contribution is 2.20. The van der Waals surface area contributed by atoms with Crippen LogP contribution in [0.4, 0.5) is 5.82 Å². The Kier molecular flexibility index (Phi) is 5.07. The van der Waals surface area contributed by atoms with Gasteiger partial charge in [0.1, 0.15) is 11.3 Å². The van der Waals surface area contributed by atoms with Crippen LogP contribution in [0.2, 0.25) is 0 Å². The molecule has 0 saturated carbocycles. The molecule has 0 spiro atoms. The highest BCUT2D eigenvalue weighted by atomic mass is 15.1. The molecular formula is C21H25N5. The number of fused-ring (bicyclic) bond motifs is 1. The molecule has 26 heavy (non-hydrogen) atoms. The van der Waals surface area contributed by atoms with Gasteiger partial charge in [0.25, 0.3) is 0 Å². The summed E-state index contributed by atoms with van der Waals surface area (Å²) < 4.78 is 0. The molecule has 1 fully saturated rings. The Hall–Kier alpha value is -2.53. The number of nitrogens with zero attached hydrogens (tertiary/aromatic N) is 4. The van der Waals surface area contributed by atoms with Crippen molar-refractivity contribution >= 4 is 17.0 Å². The minimum Gasteiger partial charge on any atom is -0.370 e. The van der Waals surface area contributed by atoms with Crippen LogP contribution in [0.25, 0.3) is 11.2 Å². The van der Waals surface area contributed by atoms with Crippen LogP contribution in [0.15, 0.2) is 48.8 Å². The number of aromatic nitrogens is 3. The third kappa shape index (κ3) is 4.17. The van der Waals surface area contributed by atoms with Gasteiger partial charge in [0, 0.05) is 25.5 Å². The van der Waals surface area contributed by atoms with Crippen LogP contribution in [-0.4, -0.2) is 39.5 Å². The van der Waals surface area contributed by atoms with Gasteiger partial charge in [-0.05, 0) is 56.5 Å². The fourth-order valence-electron chi connectivity index (χ4n) is 3.50. The third-order valence-corrected chi connectivity index (χ3v) is 5.14. The highest BCUT2D eigenvalue weighted by Gasteiger charge is 2.19. The van der Waals surface area contributed by atoms with Crippen LogP contribution in [0.3, 0.4) is 0 Å². The van der Waals surface area contributed by atoms with E-state index in [0.29, 0.717) is 11.6 Å². The van der Waals surface area contributed by atoms with Crippen molar-refractivity contribution in [3.05, 3.63) is 59.9 Å². The Morgan fingerprint density at radius 1 is 1.00 bits per heavy atom. The molecule has 0 bridgehead atoms. The van der Waals surface area contributed by atoms with E-state index in [1.807, 2.05) is 12.1 Å². The van der Waals surface area contributed by atoms with Crippen LogP contribution >= 0.6 is 0 Å². The molecule has 0 aliphatic carbocycles. The highest BCUT2D eigenvalue weighted by molar-refractivity contribution is 5.71. The van der Waals surface area contributed by atoms with E-state index in [1.54, 1.807) is 12.4 Å². The number of benzene rings is 1. The lowest BCUT2D eigenvalue weighted by atomic mass is 9.96. The zero-order valence-electron chi connectivity index (χ0n) is 15.2. The van der Waals surface area contributed by atoms with E-state index in [9.17, 15) is 0 Å². The SMILES string of the molecule is Cc1ccc(CN2CCC(CNc3ccc4nccnc4n3)CC2)cc1. The van der Waals surface area contributed by atoms with Crippen molar-refractivity contribution in [2.75, 3.05) is 25.0 Å². The van der Waals surface area contributed by atoms with Gasteiger partial charge >= 0.3 is 0 Å². The number of likely N-dealkylation sites (tertiary alicyclic amines) is 1. The smallest absolute Gasteiger partial charge is 0.180 e. The first-order valence-electron chi connectivity index (χ1n) is 9.36. The van der Waals surface area contributed by atoms with Crippen LogP contribution < -0.4 is 5.32 Å². The summed E-state index contributed by atoms with van der Waals surface area (Å²) in [4.78, 5) is 15.6. The van der Waals surface area contributed by atoms with Gasteiger partial charge in [-0.25, -0.2) is 9.97 Å². The predicted octanol–water partition coefficient (Wildman–Crippen LogP) is 3.66. The molecule has 1 saturated heterocycles. The number of rotatable bonds is 5. The molecule has 1 aliphatic rings. The molecule has 2 aromatic heterocycles. The molecule has 0 unspecified atom stereocenters. The predicted molar refractivity (Wildman–Crippen MR) is 105 cm³/mol. The molecule has 0 radical (unpaired) electrons. The minimum absolute atomic E-state index is 0.698. The van der Waals surface area contributed by atoms with Crippen molar-refractivity contribution in [1.29, 1.82) is 0 Å². The van der Waals surface area contributed by atoms with Gasteiger partial charge in [-0.1, -0.05) is 29.8 Å². The summed E-state index contributed by atoms with van der Waals surface area (Å²) in [6, 6.07) is 12.9. The number of anilines is 1. The molecule has 0 amide bonds. The summed E-state index contributed by atoms with van der Waals surface area (Å²) >= 11 is 0. The van der Waals surface area contributed by atoms with E-state index < -0.39 is 0 Å². The molecule has 5 nitrogen and oxygen atoms in total. The summed E-state index contributed by atoms with van der Waals surface area (Å²) in [7, 11) is 0. The monoisotopic (exact) mass is 347 g/mol. The average Bonchev–Trinajstić information content (AvgIpc) is 2.69. The number of piperidine rings is 1. The van der Waals surface area contributed by atoms with Gasteiger partial charge in [-0.2, -0.15) is 0 Å². The van der Waals surface area contributed by atoms with Crippen LogP contribution in [0.5, 0.6) is 0 Å². The molecule has 1 N–H and O–H groups in total. The number of hydrogen-bond donors (Lipinski definition) is 1. The van der Waals surface area contributed by atoms with Gasteiger partial charge in [0.15, 0.2) is 5.65 Å². The first-order valence-corrected chi connectivity index (χ1v) is 9.36. The van der Waals surface area contributed by atoms with Gasteiger partial charge in [0.2, 0.25) is 0 Å².